The minimum atomic E-state index is -0.996. The molecular formula is C12H12ClNO3. The highest BCUT2D eigenvalue weighted by Gasteiger charge is 2.19. The Labute approximate surface area is 105 Å². The van der Waals surface area contributed by atoms with Crippen LogP contribution in [0, 0.1) is 6.92 Å². The molecule has 0 unspecified atom stereocenters. The summed E-state index contributed by atoms with van der Waals surface area (Å²) < 4.78 is 4.90. The molecule has 0 radical (unpaired) electrons. The van der Waals surface area contributed by atoms with E-state index in [0.29, 0.717) is 17.9 Å². The summed E-state index contributed by atoms with van der Waals surface area (Å²) in [5.74, 6) is -0.650. The average molecular weight is 254 g/mol. The summed E-state index contributed by atoms with van der Waals surface area (Å²) in [5.41, 5.74) is 1.65. The molecule has 2 rings (SSSR count). The third kappa shape index (κ3) is 2.85. The number of hydrogen-bond acceptors (Lipinski definition) is 3. The molecule has 1 N–H and O–H groups in total. The lowest BCUT2D eigenvalue weighted by atomic mass is 10.1. The maximum atomic E-state index is 11.0. The number of aromatic nitrogens is 1. The maximum Gasteiger partial charge on any atom is 0.341 e. The molecule has 0 spiro atoms. The van der Waals surface area contributed by atoms with Gasteiger partial charge in [0.15, 0.2) is 0 Å². The molecule has 5 heteroatoms. The summed E-state index contributed by atoms with van der Waals surface area (Å²) in [7, 11) is 0. The van der Waals surface area contributed by atoms with Crippen molar-refractivity contribution < 1.29 is 14.4 Å². The molecule has 0 atom stereocenters. The molecule has 90 valence electrons. The third-order valence-corrected chi connectivity index (χ3v) is 2.36. The SMILES string of the molecule is Cc1onc(Cc2ccccc2)c1C(=O)O.Cl. The van der Waals surface area contributed by atoms with Crippen LogP contribution in [0.25, 0.3) is 0 Å². The van der Waals surface area contributed by atoms with Crippen LogP contribution in [0.1, 0.15) is 27.4 Å². The molecule has 0 aliphatic rings. The Balaban J connectivity index is 0.00000144. The molecule has 4 nitrogen and oxygen atoms in total. The third-order valence-electron chi connectivity index (χ3n) is 2.36. The van der Waals surface area contributed by atoms with E-state index in [1.54, 1.807) is 6.92 Å². The van der Waals surface area contributed by atoms with Crippen LogP contribution >= 0.6 is 12.4 Å². The number of rotatable bonds is 3. The van der Waals surface area contributed by atoms with Gasteiger partial charge in [0, 0.05) is 6.42 Å². The maximum absolute atomic E-state index is 11.0. The van der Waals surface area contributed by atoms with E-state index in [2.05, 4.69) is 5.16 Å². The number of nitrogens with zero attached hydrogens (tertiary/aromatic N) is 1. The summed E-state index contributed by atoms with van der Waals surface area (Å²) in [4.78, 5) is 11.0. The summed E-state index contributed by atoms with van der Waals surface area (Å²) in [5, 5.41) is 12.8. The van der Waals surface area contributed by atoms with Gasteiger partial charge in [-0.1, -0.05) is 35.5 Å². The number of halogens is 1. The normalized spacial score (nSPS) is 9.71. The highest BCUT2D eigenvalue weighted by Crippen LogP contribution is 2.16. The molecule has 17 heavy (non-hydrogen) atoms. The van der Waals surface area contributed by atoms with E-state index in [9.17, 15) is 4.79 Å². The molecule has 1 aromatic heterocycles. The van der Waals surface area contributed by atoms with Gasteiger partial charge >= 0.3 is 5.97 Å². The number of aromatic carboxylic acids is 1. The zero-order chi connectivity index (χ0) is 11.5. The molecule has 1 aromatic carbocycles. The van der Waals surface area contributed by atoms with E-state index in [1.807, 2.05) is 30.3 Å². The van der Waals surface area contributed by atoms with E-state index < -0.39 is 5.97 Å². The predicted octanol–water partition coefficient (Wildman–Crippen LogP) is 2.69. The summed E-state index contributed by atoms with van der Waals surface area (Å²) in [6.07, 6.45) is 0.472. The van der Waals surface area contributed by atoms with Crippen molar-refractivity contribution in [3.63, 3.8) is 0 Å². The summed E-state index contributed by atoms with van der Waals surface area (Å²) in [6.45, 7) is 1.60. The second-order valence-corrected chi connectivity index (χ2v) is 3.53. The highest BCUT2D eigenvalue weighted by atomic mass is 35.5. The quantitative estimate of drug-likeness (QED) is 0.914. The molecule has 0 aliphatic carbocycles. The van der Waals surface area contributed by atoms with Gasteiger partial charge in [-0.05, 0) is 12.5 Å². The zero-order valence-corrected chi connectivity index (χ0v) is 10.0. The van der Waals surface area contributed by atoms with Gasteiger partial charge in [0.05, 0.1) is 0 Å². The number of carbonyl (C=O) groups is 1. The van der Waals surface area contributed by atoms with Gasteiger partial charge in [0.25, 0.3) is 0 Å². The Kier molecular flexibility index (Phi) is 4.29. The van der Waals surface area contributed by atoms with Gasteiger partial charge in [-0.25, -0.2) is 4.79 Å². The summed E-state index contributed by atoms with van der Waals surface area (Å²) >= 11 is 0. The van der Waals surface area contributed by atoms with Gasteiger partial charge in [-0.3, -0.25) is 0 Å². The first-order chi connectivity index (χ1) is 7.68. The Morgan fingerprint density at radius 1 is 1.35 bits per heavy atom. The number of benzene rings is 1. The standard InChI is InChI=1S/C12H11NO3.ClH/c1-8-11(12(14)15)10(13-16-8)7-9-5-3-2-4-6-9;/h2-6H,7H2,1H3,(H,14,15);1H. The number of carboxylic acid groups (broad SMARTS) is 1. The second kappa shape index (κ2) is 5.50. The van der Waals surface area contributed by atoms with Crippen molar-refractivity contribution in [2.24, 2.45) is 0 Å². The van der Waals surface area contributed by atoms with Crippen molar-refractivity contribution in [1.29, 1.82) is 0 Å². The van der Waals surface area contributed by atoms with Crippen LogP contribution in [0.2, 0.25) is 0 Å². The molecule has 0 fully saturated rings. The van der Waals surface area contributed by atoms with Crippen LogP contribution in [0.3, 0.4) is 0 Å². The van der Waals surface area contributed by atoms with Gasteiger partial charge in [-0.2, -0.15) is 0 Å². The predicted molar refractivity (Wildman–Crippen MR) is 64.7 cm³/mol. The largest absolute Gasteiger partial charge is 0.477 e. The highest BCUT2D eigenvalue weighted by molar-refractivity contribution is 5.89. The summed E-state index contributed by atoms with van der Waals surface area (Å²) in [6, 6.07) is 9.58. The fourth-order valence-electron chi connectivity index (χ4n) is 1.60. The van der Waals surface area contributed by atoms with Gasteiger partial charge in [0.1, 0.15) is 17.0 Å². The lowest BCUT2D eigenvalue weighted by Crippen LogP contribution is -2.02. The molecule has 0 bridgehead atoms. The fourth-order valence-corrected chi connectivity index (χ4v) is 1.60. The minimum Gasteiger partial charge on any atom is -0.477 e. The molecule has 1 heterocycles. The number of carboxylic acids is 1. The zero-order valence-electron chi connectivity index (χ0n) is 9.21. The Hall–Kier alpha value is -1.81. The first-order valence-electron chi connectivity index (χ1n) is 4.91. The minimum absolute atomic E-state index is 0. The Bertz CT molecular complexity index is 508. The molecule has 0 saturated carbocycles. The lowest BCUT2D eigenvalue weighted by Gasteiger charge is -1.98. The molecule has 0 saturated heterocycles. The van der Waals surface area contributed by atoms with Crippen molar-refractivity contribution in [2.75, 3.05) is 0 Å². The van der Waals surface area contributed by atoms with Gasteiger partial charge in [-0.15, -0.1) is 12.4 Å². The van der Waals surface area contributed by atoms with Crippen LogP contribution in [-0.2, 0) is 6.42 Å². The van der Waals surface area contributed by atoms with Gasteiger partial charge < -0.3 is 9.63 Å². The Morgan fingerprint density at radius 3 is 2.59 bits per heavy atom. The monoisotopic (exact) mass is 253 g/mol. The van der Waals surface area contributed by atoms with Crippen LogP contribution in [-0.4, -0.2) is 16.2 Å². The smallest absolute Gasteiger partial charge is 0.341 e. The number of aryl methyl sites for hydroxylation is 1. The van der Waals surface area contributed by atoms with Crippen LogP contribution in [0.15, 0.2) is 34.9 Å². The van der Waals surface area contributed by atoms with Crippen LogP contribution in [0.4, 0.5) is 0 Å². The molecular weight excluding hydrogens is 242 g/mol. The van der Waals surface area contributed by atoms with Crippen molar-refractivity contribution in [2.45, 2.75) is 13.3 Å². The first kappa shape index (κ1) is 13.3. The second-order valence-electron chi connectivity index (χ2n) is 3.53. The number of hydrogen-bond donors (Lipinski definition) is 1. The van der Waals surface area contributed by atoms with E-state index in [4.69, 9.17) is 9.63 Å². The molecule has 2 aromatic rings. The van der Waals surface area contributed by atoms with Crippen molar-refractivity contribution >= 4 is 18.4 Å². The van der Waals surface area contributed by atoms with Crippen molar-refractivity contribution in [3.8, 4) is 0 Å². The average Bonchev–Trinajstić information content (AvgIpc) is 2.61. The van der Waals surface area contributed by atoms with Crippen molar-refractivity contribution in [1.82, 2.24) is 5.16 Å². The Morgan fingerprint density at radius 2 is 2.00 bits per heavy atom. The topological polar surface area (TPSA) is 63.3 Å². The lowest BCUT2D eigenvalue weighted by molar-refractivity contribution is 0.0694. The van der Waals surface area contributed by atoms with Crippen LogP contribution in [0.5, 0.6) is 0 Å². The van der Waals surface area contributed by atoms with E-state index in [0.717, 1.165) is 5.56 Å². The van der Waals surface area contributed by atoms with E-state index in [-0.39, 0.29) is 18.0 Å². The first-order valence-corrected chi connectivity index (χ1v) is 4.91. The van der Waals surface area contributed by atoms with Crippen LogP contribution < -0.4 is 0 Å². The van der Waals surface area contributed by atoms with E-state index in [1.165, 1.54) is 0 Å². The molecule has 0 amide bonds. The fraction of sp³-hybridized carbons (Fsp3) is 0.167. The van der Waals surface area contributed by atoms with E-state index >= 15 is 0 Å². The molecule has 0 aliphatic heterocycles. The van der Waals surface area contributed by atoms with Gasteiger partial charge in [0.2, 0.25) is 0 Å². The van der Waals surface area contributed by atoms with Crippen molar-refractivity contribution in [3.05, 3.63) is 52.9 Å².